The average molecular weight is 663 g/mol. The number of nitrogen functional groups attached to an aromatic ring is 1. The topological polar surface area (TPSA) is 141 Å². The number of aromatic nitrogens is 2. The molecule has 1 aliphatic heterocycles. The summed E-state index contributed by atoms with van der Waals surface area (Å²) in [6, 6.07) is 6.55. The van der Waals surface area contributed by atoms with Crippen molar-refractivity contribution >= 4 is 28.1 Å². The SMILES string of the molecule is CC(C)[C@@H](OCc1cn([C@H]2C[C@@H](O[Si](C)(C)C(C)(C)C)[C@@H](CO[Si](C)(C)C(C)(C)C)O2)c(=O)nc1N)c1ccccc1[N+](=O)[O-]. The van der Waals surface area contributed by atoms with E-state index in [4.69, 9.17) is 24.1 Å². The minimum atomic E-state index is -2.18. The molecule has 0 radical (unpaired) electrons. The van der Waals surface area contributed by atoms with E-state index in [0.717, 1.165) is 0 Å². The maximum absolute atomic E-state index is 13.2. The van der Waals surface area contributed by atoms with Gasteiger partial charge in [-0.25, -0.2) is 4.79 Å². The Kier molecular flexibility index (Phi) is 11.3. The number of nitrogens with zero attached hydrogens (tertiary/aromatic N) is 3. The lowest BCUT2D eigenvalue weighted by atomic mass is 9.97. The van der Waals surface area contributed by atoms with E-state index < -0.39 is 39.6 Å². The molecule has 2 aromatic rings. The van der Waals surface area contributed by atoms with E-state index >= 15 is 0 Å². The minimum Gasteiger partial charge on any atom is -0.414 e. The summed E-state index contributed by atoms with van der Waals surface area (Å²) >= 11 is 0. The van der Waals surface area contributed by atoms with Crippen LogP contribution in [0.25, 0.3) is 0 Å². The Labute approximate surface area is 270 Å². The molecule has 0 amide bonds. The lowest BCUT2D eigenvalue weighted by molar-refractivity contribution is -0.386. The first-order chi connectivity index (χ1) is 20.6. The molecule has 1 aromatic carbocycles. The van der Waals surface area contributed by atoms with Crippen molar-refractivity contribution in [3.63, 3.8) is 0 Å². The Balaban J connectivity index is 1.91. The largest absolute Gasteiger partial charge is 0.414 e. The van der Waals surface area contributed by atoms with Crippen molar-refractivity contribution in [1.82, 2.24) is 9.55 Å². The Hall–Kier alpha value is -2.43. The molecule has 1 aromatic heterocycles. The van der Waals surface area contributed by atoms with Gasteiger partial charge in [-0.1, -0.05) is 67.5 Å². The number of para-hydroxylation sites is 1. The Morgan fingerprint density at radius 2 is 1.69 bits per heavy atom. The van der Waals surface area contributed by atoms with Crippen LogP contribution >= 0.6 is 0 Å². The van der Waals surface area contributed by atoms with Gasteiger partial charge in [-0.3, -0.25) is 14.7 Å². The van der Waals surface area contributed by atoms with Gasteiger partial charge in [0.1, 0.15) is 18.1 Å². The number of nitrogens with two attached hydrogens (primary N) is 1. The van der Waals surface area contributed by atoms with Crippen molar-refractivity contribution in [2.24, 2.45) is 5.92 Å². The van der Waals surface area contributed by atoms with Crippen molar-refractivity contribution in [2.75, 3.05) is 12.3 Å². The molecular formula is C32H54N4O7Si2. The molecule has 0 bridgehead atoms. The van der Waals surface area contributed by atoms with Gasteiger partial charge in [-0.05, 0) is 48.2 Å². The number of benzene rings is 1. The Morgan fingerprint density at radius 1 is 1.09 bits per heavy atom. The third-order valence-electron chi connectivity index (χ3n) is 9.68. The molecule has 3 rings (SSSR count). The van der Waals surface area contributed by atoms with E-state index in [2.05, 4.69) is 72.7 Å². The van der Waals surface area contributed by atoms with Crippen molar-refractivity contribution in [3.8, 4) is 0 Å². The summed E-state index contributed by atoms with van der Waals surface area (Å²) in [6.45, 7) is 26.3. The van der Waals surface area contributed by atoms with Gasteiger partial charge in [-0.15, -0.1) is 0 Å². The minimum absolute atomic E-state index is 0.00252. The summed E-state index contributed by atoms with van der Waals surface area (Å²) in [7, 11) is -4.26. The number of rotatable bonds is 12. The van der Waals surface area contributed by atoms with Crippen LogP contribution in [0.3, 0.4) is 0 Å². The van der Waals surface area contributed by atoms with E-state index in [0.29, 0.717) is 24.2 Å². The number of anilines is 1. The van der Waals surface area contributed by atoms with Crippen LogP contribution in [0.15, 0.2) is 35.3 Å². The van der Waals surface area contributed by atoms with Crippen molar-refractivity contribution in [1.29, 1.82) is 0 Å². The molecule has 2 heterocycles. The molecule has 0 spiro atoms. The normalized spacial score (nSPS) is 20.5. The molecule has 13 heteroatoms. The van der Waals surface area contributed by atoms with E-state index in [-0.39, 0.29) is 46.3 Å². The zero-order valence-electron chi connectivity index (χ0n) is 29.2. The molecule has 1 fully saturated rings. The zero-order valence-corrected chi connectivity index (χ0v) is 31.2. The second kappa shape index (κ2) is 13.7. The van der Waals surface area contributed by atoms with Crippen LogP contribution < -0.4 is 11.4 Å². The molecule has 1 aliphatic rings. The number of nitro benzene ring substituents is 1. The van der Waals surface area contributed by atoms with E-state index in [1.807, 2.05) is 13.8 Å². The van der Waals surface area contributed by atoms with Crippen molar-refractivity contribution < 1.29 is 23.2 Å². The van der Waals surface area contributed by atoms with Crippen LogP contribution in [0, 0.1) is 16.0 Å². The summed E-state index contributed by atoms with van der Waals surface area (Å²) in [5.41, 5.74) is 6.63. The van der Waals surface area contributed by atoms with Crippen LogP contribution in [-0.2, 0) is 24.9 Å². The van der Waals surface area contributed by atoms with Gasteiger partial charge in [0, 0.05) is 24.2 Å². The molecule has 11 nitrogen and oxygen atoms in total. The Morgan fingerprint density at radius 3 is 2.24 bits per heavy atom. The van der Waals surface area contributed by atoms with Crippen LogP contribution in [0.5, 0.6) is 0 Å². The average Bonchev–Trinajstić information content (AvgIpc) is 3.28. The lowest BCUT2D eigenvalue weighted by Crippen LogP contribution is -2.48. The third-order valence-corrected chi connectivity index (χ3v) is 18.7. The first kappa shape index (κ1) is 37.0. The summed E-state index contributed by atoms with van der Waals surface area (Å²) in [6.07, 6.45) is 0.234. The summed E-state index contributed by atoms with van der Waals surface area (Å²) in [5.74, 6) is -0.0227. The molecule has 4 atom stereocenters. The van der Waals surface area contributed by atoms with E-state index in [1.54, 1.807) is 24.4 Å². The molecule has 2 N–H and O–H groups in total. The van der Waals surface area contributed by atoms with Crippen molar-refractivity contribution in [3.05, 3.63) is 62.2 Å². The first-order valence-corrected chi connectivity index (χ1v) is 21.6. The van der Waals surface area contributed by atoms with Crippen LogP contribution in [0.2, 0.25) is 36.3 Å². The predicted octanol–water partition coefficient (Wildman–Crippen LogP) is 7.35. The standard InChI is InChI=1S/C32H54N4O7Si2/c1-21(2)28(23-15-13-14-16-24(23)36(38)39)40-19-22-18-35(30(37)34-29(22)33)27-17-25(43-45(11,12)32(6,7)8)26(42-27)20-41-44(9,10)31(3,4)5/h13-16,18,21,25-28H,17,19-20H2,1-12H3,(H2,33,34,37)/t25-,26-,27-,28-/m1/s1. The maximum Gasteiger partial charge on any atom is 0.351 e. The molecule has 0 unspecified atom stereocenters. The van der Waals surface area contributed by atoms with Crippen LogP contribution in [0.4, 0.5) is 11.5 Å². The molecule has 45 heavy (non-hydrogen) atoms. The molecule has 0 saturated carbocycles. The summed E-state index contributed by atoms with van der Waals surface area (Å²) in [4.78, 5) is 28.6. The molecule has 252 valence electrons. The number of nitro groups is 1. The van der Waals surface area contributed by atoms with Gasteiger partial charge in [0.2, 0.25) is 0 Å². The summed E-state index contributed by atoms with van der Waals surface area (Å²) in [5, 5.41) is 11.7. The fourth-order valence-electron chi connectivity index (χ4n) is 4.76. The van der Waals surface area contributed by atoms with Gasteiger partial charge in [0.15, 0.2) is 16.6 Å². The smallest absolute Gasteiger partial charge is 0.351 e. The second-order valence-corrected chi connectivity index (χ2v) is 25.1. The highest BCUT2D eigenvalue weighted by atomic mass is 28.4. The third kappa shape index (κ3) is 8.69. The highest BCUT2D eigenvalue weighted by Crippen LogP contribution is 2.42. The second-order valence-electron chi connectivity index (χ2n) is 15.5. The van der Waals surface area contributed by atoms with Gasteiger partial charge in [0.25, 0.3) is 5.69 Å². The summed E-state index contributed by atoms with van der Waals surface area (Å²) < 4.78 is 27.7. The number of ether oxygens (including phenoxy) is 2. The first-order valence-electron chi connectivity index (χ1n) is 15.8. The highest BCUT2D eigenvalue weighted by molar-refractivity contribution is 6.74. The quantitative estimate of drug-likeness (QED) is 0.140. The highest BCUT2D eigenvalue weighted by Gasteiger charge is 2.47. The molecular weight excluding hydrogens is 609 g/mol. The fraction of sp³-hybridized carbons (Fsp3) is 0.688. The maximum atomic E-state index is 13.2. The molecule has 0 aliphatic carbocycles. The van der Waals surface area contributed by atoms with Gasteiger partial charge < -0.3 is 24.1 Å². The van der Waals surface area contributed by atoms with Crippen LogP contribution in [-0.4, -0.2) is 49.9 Å². The van der Waals surface area contributed by atoms with Gasteiger partial charge in [0.05, 0.1) is 35.9 Å². The van der Waals surface area contributed by atoms with E-state index in [1.165, 1.54) is 10.6 Å². The number of hydrogen-bond donors (Lipinski definition) is 1. The number of hydrogen-bond acceptors (Lipinski definition) is 9. The van der Waals surface area contributed by atoms with Gasteiger partial charge in [-0.2, -0.15) is 4.98 Å². The van der Waals surface area contributed by atoms with E-state index in [9.17, 15) is 14.9 Å². The monoisotopic (exact) mass is 662 g/mol. The zero-order chi connectivity index (χ0) is 34.1. The van der Waals surface area contributed by atoms with Gasteiger partial charge >= 0.3 is 5.69 Å². The fourth-order valence-corrected chi connectivity index (χ4v) is 7.13. The predicted molar refractivity (Wildman–Crippen MR) is 182 cm³/mol. The lowest BCUT2D eigenvalue weighted by Gasteiger charge is -2.40. The Bertz CT molecular complexity index is 1400. The van der Waals surface area contributed by atoms with Crippen molar-refractivity contribution in [2.45, 2.75) is 129 Å². The van der Waals surface area contributed by atoms with Crippen LogP contribution in [0.1, 0.15) is 85.3 Å². The molecule has 1 saturated heterocycles.